The number of anilines is 2. The summed E-state index contributed by atoms with van der Waals surface area (Å²) in [4.78, 5) is 28.2. The summed E-state index contributed by atoms with van der Waals surface area (Å²) < 4.78 is 5.56. The fraction of sp³-hybridized carbons (Fsp3) is 0.273. The number of rotatable bonds is 4. The molecule has 1 aromatic carbocycles. The van der Waals surface area contributed by atoms with Crippen LogP contribution in [0, 0.1) is 0 Å². The molecule has 0 unspecified atom stereocenters. The molecular formula is C22H22N6O2. The van der Waals surface area contributed by atoms with E-state index in [9.17, 15) is 4.79 Å². The zero-order valence-corrected chi connectivity index (χ0v) is 16.5. The normalized spacial score (nSPS) is 15.4. The van der Waals surface area contributed by atoms with Crippen LogP contribution in [0.25, 0.3) is 11.4 Å². The third-order valence-electron chi connectivity index (χ3n) is 5.34. The van der Waals surface area contributed by atoms with Crippen molar-refractivity contribution in [3.8, 4) is 17.1 Å². The minimum absolute atomic E-state index is 0.285. The second kappa shape index (κ2) is 8.08. The standard InChI is InChI=1S/C22H22N6O2/c29-22(27-18-14-24-6-4-19(18)28-10-8-23-9-11-28)17-3-7-25-21(26-17)16-1-2-20-15(13-16)5-12-30-20/h1-4,6-7,13-14,23H,5,8-12H2,(H,27,29). The Bertz CT molecular complexity index is 1080. The number of pyridine rings is 1. The van der Waals surface area contributed by atoms with E-state index in [0.29, 0.717) is 23.8 Å². The first-order chi connectivity index (χ1) is 14.8. The Morgan fingerprint density at radius 2 is 2.03 bits per heavy atom. The Kier molecular flexibility index (Phi) is 4.98. The molecule has 2 aromatic heterocycles. The number of aromatic nitrogens is 3. The summed E-state index contributed by atoms with van der Waals surface area (Å²) in [6.07, 6.45) is 5.91. The maximum absolute atomic E-state index is 12.9. The third-order valence-corrected chi connectivity index (χ3v) is 5.34. The number of ether oxygens (including phenoxy) is 1. The average molecular weight is 402 g/mol. The fourth-order valence-electron chi connectivity index (χ4n) is 3.80. The highest BCUT2D eigenvalue weighted by Gasteiger charge is 2.18. The average Bonchev–Trinajstić information content (AvgIpc) is 3.28. The lowest BCUT2D eigenvalue weighted by Gasteiger charge is -2.30. The van der Waals surface area contributed by atoms with Gasteiger partial charge in [-0.3, -0.25) is 9.78 Å². The van der Waals surface area contributed by atoms with Gasteiger partial charge < -0.3 is 20.3 Å². The second-order valence-corrected chi connectivity index (χ2v) is 7.27. The van der Waals surface area contributed by atoms with Crippen LogP contribution in [0.5, 0.6) is 5.75 Å². The van der Waals surface area contributed by atoms with Gasteiger partial charge in [-0.25, -0.2) is 9.97 Å². The highest BCUT2D eigenvalue weighted by atomic mass is 16.5. The Balaban J connectivity index is 1.38. The van der Waals surface area contributed by atoms with Gasteiger partial charge in [0.2, 0.25) is 0 Å². The molecule has 2 N–H and O–H groups in total. The van der Waals surface area contributed by atoms with Crippen molar-refractivity contribution in [3.63, 3.8) is 0 Å². The van der Waals surface area contributed by atoms with E-state index in [2.05, 4.69) is 30.5 Å². The number of nitrogens with one attached hydrogen (secondary N) is 2. The molecule has 2 aliphatic rings. The van der Waals surface area contributed by atoms with E-state index in [0.717, 1.165) is 55.2 Å². The van der Waals surface area contributed by atoms with Crippen LogP contribution >= 0.6 is 0 Å². The number of carbonyl (C=O) groups excluding carboxylic acids is 1. The van der Waals surface area contributed by atoms with Crippen LogP contribution in [0.3, 0.4) is 0 Å². The van der Waals surface area contributed by atoms with Gasteiger partial charge in [0.25, 0.3) is 5.91 Å². The van der Waals surface area contributed by atoms with Crippen LogP contribution in [0.1, 0.15) is 16.1 Å². The summed E-state index contributed by atoms with van der Waals surface area (Å²) in [5.74, 6) is 1.14. The molecule has 0 bridgehead atoms. The lowest BCUT2D eigenvalue weighted by molar-refractivity contribution is 0.102. The molecule has 152 valence electrons. The van der Waals surface area contributed by atoms with Gasteiger partial charge in [-0.15, -0.1) is 0 Å². The van der Waals surface area contributed by atoms with E-state index in [1.807, 2.05) is 24.3 Å². The van der Waals surface area contributed by atoms with Gasteiger partial charge in [0.05, 0.1) is 24.2 Å². The number of piperazine rings is 1. The molecule has 0 atom stereocenters. The second-order valence-electron chi connectivity index (χ2n) is 7.27. The summed E-state index contributed by atoms with van der Waals surface area (Å²) in [6, 6.07) is 9.44. The van der Waals surface area contributed by atoms with Crippen molar-refractivity contribution in [2.75, 3.05) is 43.0 Å². The lowest BCUT2D eigenvalue weighted by Crippen LogP contribution is -2.43. The quantitative estimate of drug-likeness (QED) is 0.691. The maximum Gasteiger partial charge on any atom is 0.274 e. The minimum Gasteiger partial charge on any atom is -0.493 e. The van der Waals surface area contributed by atoms with Crippen LogP contribution in [0.15, 0.2) is 48.9 Å². The first-order valence-corrected chi connectivity index (χ1v) is 10.1. The molecular weight excluding hydrogens is 380 g/mol. The first-order valence-electron chi connectivity index (χ1n) is 10.1. The van der Waals surface area contributed by atoms with Crippen molar-refractivity contribution < 1.29 is 9.53 Å². The monoisotopic (exact) mass is 402 g/mol. The van der Waals surface area contributed by atoms with Crippen molar-refractivity contribution >= 4 is 17.3 Å². The van der Waals surface area contributed by atoms with Gasteiger partial charge in [0.15, 0.2) is 5.82 Å². The predicted octanol–water partition coefficient (Wildman–Crippen LogP) is 2.14. The van der Waals surface area contributed by atoms with Crippen LogP contribution in [-0.4, -0.2) is 53.6 Å². The number of hydrogen-bond donors (Lipinski definition) is 2. The molecule has 0 spiro atoms. The highest BCUT2D eigenvalue weighted by Crippen LogP contribution is 2.29. The lowest BCUT2D eigenvalue weighted by atomic mass is 10.1. The van der Waals surface area contributed by atoms with Gasteiger partial charge in [-0.1, -0.05) is 0 Å². The van der Waals surface area contributed by atoms with E-state index in [1.54, 1.807) is 24.7 Å². The van der Waals surface area contributed by atoms with Gasteiger partial charge in [-0.2, -0.15) is 0 Å². The molecule has 0 saturated carbocycles. The minimum atomic E-state index is -0.285. The number of hydrogen-bond acceptors (Lipinski definition) is 7. The summed E-state index contributed by atoms with van der Waals surface area (Å²) in [5, 5.41) is 6.31. The Labute approximate surface area is 174 Å². The van der Waals surface area contributed by atoms with Crippen molar-refractivity contribution in [3.05, 3.63) is 60.2 Å². The van der Waals surface area contributed by atoms with Gasteiger partial charge >= 0.3 is 0 Å². The van der Waals surface area contributed by atoms with Crippen molar-refractivity contribution in [1.82, 2.24) is 20.3 Å². The molecule has 2 aliphatic heterocycles. The van der Waals surface area contributed by atoms with E-state index in [-0.39, 0.29) is 5.91 Å². The van der Waals surface area contributed by atoms with Crippen molar-refractivity contribution in [2.24, 2.45) is 0 Å². The molecule has 30 heavy (non-hydrogen) atoms. The molecule has 5 rings (SSSR count). The van der Waals surface area contributed by atoms with Gasteiger partial charge in [0.1, 0.15) is 11.4 Å². The molecule has 4 heterocycles. The number of fused-ring (bicyclic) bond motifs is 1. The maximum atomic E-state index is 12.9. The Morgan fingerprint density at radius 3 is 2.93 bits per heavy atom. The number of carbonyl (C=O) groups is 1. The molecule has 0 radical (unpaired) electrons. The Hall–Kier alpha value is -3.52. The van der Waals surface area contributed by atoms with Crippen LogP contribution in [0.4, 0.5) is 11.4 Å². The number of nitrogens with zero attached hydrogens (tertiary/aromatic N) is 4. The number of amides is 1. The van der Waals surface area contributed by atoms with Crippen LogP contribution in [-0.2, 0) is 6.42 Å². The van der Waals surface area contributed by atoms with E-state index >= 15 is 0 Å². The summed E-state index contributed by atoms with van der Waals surface area (Å²) in [6.45, 7) is 4.29. The van der Waals surface area contributed by atoms with E-state index < -0.39 is 0 Å². The first kappa shape index (κ1) is 18.5. The summed E-state index contributed by atoms with van der Waals surface area (Å²) >= 11 is 0. The molecule has 3 aromatic rings. The van der Waals surface area contributed by atoms with Gasteiger partial charge in [0, 0.05) is 50.6 Å². The summed E-state index contributed by atoms with van der Waals surface area (Å²) in [5.41, 5.74) is 3.97. The zero-order chi connectivity index (χ0) is 20.3. The molecule has 8 heteroatoms. The summed E-state index contributed by atoms with van der Waals surface area (Å²) in [7, 11) is 0. The van der Waals surface area contributed by atoms with Crippen LogP contribution < -0.4 is 20.3 Å². The van der Waals surface area contributed by atoms with Crippen molar-refractivity contribution in [1.29, 1.82) is 0 Å². The smallest absolute Gasteiger partial charge is 0.274 e. The highest BCUT2D eigenvalue weighted by molar-refractivity contribution is 6.04. The molecule has 0 aliphatic carbocycles. The molecule has 1 fully saturated rings. The molecule has 1 saturated heterocycles. The van der Waals surface area contributed by atoms with Crippen LogP contribution in [0.2, 0.25) is 0 Å². The van der Waals surface area contributed by atoms with Gasteiger partial charge in [-0.05, 0) is 35.9 Å². The Morgan fingerprint density at radius 1 is 1.13 bits per heavy atom. The fourth-order valence-corrected chi connectivity index (χ4v) is 3.80. The largest absolute Gasteiger partial charge is 0.493 e. The predicted molar refractivity (Wildman–Crippen MR) is 114 cm³/mol. The number of benzene rings is 1. The molecule has 1 amide bonds. The van der Waals surface area contributed by atoms with Crippen molar-refractivity contribution in [2.45, 2.75) is 6.42 Å². The molecule has 8 nitrogen and oxygen atoms in total. The van der Waals surface area contributed by atoms with E-state index in [1.165, 1.54) is 0 Å². The SMILES string of the molecule is O=C(Nc1cnccc1N1CCNCC1)c1ccnc(-c2ccc3c(c2)CCO3)n1. The topological polar surface area (TPSA) is 92.3 Å². The zero-order valence-electron chi connectivity index (χ0n) is 16.5. The van der Waals surface area contributed by atoms with E-state index in [4.69, 9.17) is 4.74 Å². The third kappa shape index (κ3) is 3.69.